The van der Waals surface area contributed by atoms with Crippen LogP contribution in [-0.4, -0.2) is 36.8 Å². The van der Waals surface area contributed by atoms with Crippen molar-refractivity contribution in [1.82, 2.24) is 14.3 Å². The Hall–Kier alpha value is -3.29. The molecular weight excluding hydrogens is 484 g/mol. The van der Waals surface area contributed by atoms with E-state index in [1.807, 2.05) is 45.9 Å². The van der Waals surface area contributed by atoms with Crippen LogP contribution in [0.2, 0.25) is 0 Å². The molecule has 8 nitrogen and oxygen atoms in total. The average molecular weight is 513 g/mol. The van der Waals surface area contributed by atoms with Gasteiger partial charge in [0.15, 0.2) is 11.9 Å². The molecule has 0 atom stereocenters. The van der Waals surface area contributed by atoms with Gasteiger partial charge in [-0.1, -0.05) is 49.7 Å². The minimum atomic E-state index is -3.94. The predicted octanol–water partition coefficient (Wildman–Crippen LogP) is 4.60. The molecule has 0 aliphatic rings. The SMILES string of the molecule is CCCCc1nc(SC)c(C(=O)OCC)n1Cc1ccccc1-c1cccc(S(=O)(=O)NC#N)c1. The molecule has 0 amide bonds. The van der Waals surface area contributed by atoms with Crippen molar-refractivity contribution in [2.24, 2.45) is 0 Å². The van der Waals surface area contributed by atoms with E-state index < -0.39 is 16.0 Å². The number of aryl methyl sites for hydroxylation is 1. The fourth-order valence-corrected chi connectivity index (χ4v) is 5.13. The first-order chi connectivity index (χ1) is 16.9. The van der Waals surface area contributed by atoms with Crippen molar-refractivity contribution in [2.75, 3.05) is 12.9 Å². The van der Waals surface area contributed by atoms with E-state index in [0.717, 1.165) is 36.2 Å². The summed E-state index contributed by atoms with van der Waals surface area (Å²) in [5.41, 5.74) is 2.81. The lowest BCUT2D eigenvalue weighted by atomic mass is 9.99. The largest absolute Gasteiger partial charge is 0.461 e. The number of thioether (sulfide) groups is 1. The van der Waals surface area contributed by atoms with Gasteiger partial charge in [-0.2, -0.15) is 5.26 Å². The summed E-state index contributed by atoms with van der Waals surface area (Å²) >= 11 is 1.41. The second-order valence-electron chi connectivity index (χ2n) is 7.70. The molecule has 1 N–H and O–H groups in total. The molecule has 0 saturated carbocycles. The number of sulfonamides is 1. The fraction of sp³-hybridized carbons (Fsp3) is 0.320. The zero-order chi connectivity index (χ0) is 25.4. The van der Waals surface area contributed by atoms with E-state index in [-0.39, 0.29) is 11.5 Å². The highest BCUT2D eigenvalue weighted by molar-refractivity contribution is 7.98. The number of hydrogen-bond acceptors (Lipinski definition) is 7. The van der Waals surface area contributed by atoms with E-state index in [9.17, 15) is 13.2 Å². The van der Waals surface area contributed by atoms with Crippen molar-refractivity contribution in [2.45, 2.75) is 49.6 Å². The summed E-state index contributed by atoms with van der Waals surface area (Å²) in [6.45, 7) is 4.50. The Labute approximate surface area is 210 Å². The Morgan fingerprint density at radius 2 is 1.97 bits per heavy atom. The molecule has 1 heterocycles. The highest BCUT2D eigenvalue weighted by atomic mass is 32.2. The third kappa shape index (κ3) is 6.05. The van der Waals surface area contributed by atoms with Gasteiger partial charge in [0.2, 0.25) is 0 Å². The van der Waals surface area contributed by atoms with Crippen molar-refractivity contribution in [3.8, 4) is 17.3 Å². The molecule has 0 saturated heterocycles. The quantitative estimate of drug-likeness (QED) is 0.173. The maximum atomic E-state index is 12.9. The van der Waals surface area contributed by atoms with Crippen LogP contribution >= 0.6 is 11.8 Å². The predicted molar refractivity (Wildman–Crippen MR) is 135 cm³/mol. The number of benzene rings is 2. The number of ether oxygens (including phenoxy) is 1. The van der Waals surface area contributed by atoms with Gasteiger partial charge < -0.3 is 9.30 Å². The molecule has 3 aromatic rings. The molecule has 1 aromatic heterocycles. The van der Waals surface area contributed by atoms with Crippen molar-refractivity contribution >= 4 is 27.8 Å². The van der Waals surface area contributed by atoms with Gasteiger partial charge in [-0.25, -0.2) is 22.9 Å². The summed E-state index contributed by atoms with van der Waals surface area (Å²) in [6.07, 6.45) is 6.00. The highest BCUT2D eigenvalue weighted by Gasteiger charge is 2.24. The molecule has 0 bridgehead atoms. The first kappa shape index (κ1) is 26.3. The van der Waals surface area contributed by atoms with Crippen LogP contribution in [0.3, 0.4) is 0 Å². The van der Waals surface area contributed by atoms with Gasteiger partial charge in [0, 0.05) is 6.42 Å². The number of nitrogens with zero attached hydrogens (tertiary/aromatic N) is 3. The summed E-state index contributed by atoms with van der Waals surface area (Å²) in [4.78, 5) is 17.6. The number of hydrogen-bond donors (Lipinski definition) is 1. The second-order valence-corrected chi connectivity index (χ2v) is 10.2. The van der Waals surface area contributed by atoms with Crippen LogP contribution in [0.4, 0.5) is 0 Å². The Balaban J connectivity index is 2.12. The van der Waals surface area contributed by atoms with Gasteiger partial charge >= 0.3 is 5.97 Å². The lowest BCUT2D eigenvalue weighted by Crippen LogP contribution is -2.18. The molecule has 2 aromatic carbocycles. The molecule has 0 aliphatic carbocycles. The topological polar surface area (TPSA) is 114 Å². The summed E-state index contributed by atoms with van der Waals surface area (Å²) in [5, 5.41) is 9.42. The minimum Gasteiger partial charge on any atom is -0.461 e. The molecule has 0 fully saturated rings. The number of nitrogens with one attached hydrogen (secondary N) is 1. The van der Waals surface area contributed by atoms with Gasteiger partial charge in [0.05, 0.1) is 18.0 Å². The van der Waals surface area contributed by atoms with Crippen LogP contribution in [0, 0.1) is 11.5 Å². The Morgan fingerprint density at radius 1 is 1.20 bits per heavy atom. The molecule has 35 heavy (non-hydrogen) atoms. The number of unbranched alkanes of at least 4 members (excludes halogenated alkanes) is 1. The van der Waals surface area contributed by atoms with Crippen molar-refractivity contribution < 1.29 is 17.9 Å². The van der Waals surface area contributed by atoms with Crippen molar-refractivity contribution in [1.29, 1.82) is 5.26 Å². The van der Waals surface area contributed by atoms with Crippen LogP contribution in [0.25, 0.3) is 11.1 Å². The van der Waals surface area contributed by atoms with Crippen molar-refractivity contribution in [3.05, 3.63) is 65.6 Å². The van der Waals surface area contributed by atoms with Gasteiger partial charge in [-0.15, -0.1) is 11.8 Å². The van der Waals surface area contributed by atoms with E-state index in [1.165, 1.54) is 30.1 Å². The third-order valence-electron chi connectivity index (χ3n) is 5.41. The number of aromatic nitrogens is 2. The molecule has 0 radical (unpaired) electrons. The molecule has 10 heteroatoms. The smallest absolute Gasteiger partial charge is 0.357 e. The van der Waals surface area contributed by atoms with Crippen LogP contribution in [0.5, 0.6) is 0 Å². The number of imidazole rings is 1. The van der Waals surface area contributed by atoms with E-state index in [2.05, 4.69) is 6.92 Å². The van der Waals surface area contributed by atoms with Crippen LogP contribution < -0.4 is 4.72 Å². The number of carbonyl (C=O) groups excluding carboxylic acids is 1. The number of carbonyl (C=O) groups is 1. The van der Waals surface area contributed by atoms with Crippen LogP contribution in [-0.2, 0) is 27.7 Å². The first-order valence-corrected chi connectivity index (χ1v) is 14.0. The molecule has 3 rings (SSSR count). The number of rotatable bonds is 11. The zero-order valence-corrected chi connectivity index (χ0v) is 21.6. The number of esters is 1. The van der Waals surface area contributed by atoms with Crippen LogP contribution in [0.15, 0.2) is 58.5 Å². The second kappa shape index (κ2) is 11.9. The summed E-state index contributed by atoms with van der Waals surface area (Å²) < 4.78 is 33.8. The van der Waals surface area contributed by atoms with Gasteiger partial charge in [-0.05, 0) is 48.4 Å². The first-order valence-electron chi connectivity index (χ1n) is 11.3. The Morgan fingerprint density at radius 3 is 2.66 bits per heavy atom. The standard InChI is InChI=1S/C25H28N4O4S2/c1-4-6-14-22-28-24(34-3)23(25(30)33-5-2)29(22)16-19-10-7-8-13-21(19)18-11-9-12-20(15-18)35(31,32)27-17-26/h7-13,15,27H,4-6,14,16H2,1-3H3. The summed E-state index contributed by atoms with van der Waals surface area (Å²) in [6, 6.07) is 14.0. The molecular formula is C25H28N4O4S2. The van der Waals surface area contributed by atoms with Gasteiger partial charge in [0.25, 0.3) is 10.0 Å². The summed E-state index contributed by atoms with van der Waals surface area (Å²) in [5.74, 6) is 0.392. The van der Waals surface area contributed by atoms with E-state index in [1.54, 1.807) is 13.0 Å². The normalized spacial score (nSPS) is 11.1. The molecule has 0 aliphatic heterocycles. The maximum Gasteiger partial charge on any atom is 0.357 e. The number of nitriles is 1. The molecule has 184 valence electrons. The lowest BCUT2D eigenvalue weighted by molar-refractivity contribution is 0.0509. The van der Waals surface area contributed by atoms with Crippen molar-refractivity contribution in [3.63, 3.8) is 0 Å². The van der Waals surface area contributed by atoms with Gasteiger partial charge in [0.1, 0.15) is 10.9 Å². The highest BCUT2D eigenvalue weighted by Crippen LogP contribution is 2.30. The zero-order valence-electron chi connectivity index (χ0n) is 19.9. The molecule has 0 spiro atoms. The van der Waals surface area contributed by atoms with Crippen LogP contribution in [0.1, 0.15) is 48.6 Å². The minimum absolute atomic E-state index is 0.00509. The van der Waals surface area contributed by atoms with E-state index in [0.29, 0.717) is 22.8 Å². The Kier molecular flexibility index (Phi) is 8.95. The monoisotopic (exact) mass is 512 g/mol. The molecule has 0 unspecified atom stereocenters. The van der Waals surface area contributed by atoms with E-state index >= 15 is 0 Å². The van der Waals surface area contributed by atoms with E-state index in [4.69, 9.17) is 15.0 Å². The summed E-state index contributed by atoms with van der Waals surface area (Å²) in [7, 11) is -3.94. The van der Waals surface area contributed by atoms with Gasteiger partial charge in [-0.3, -0.25) is 0 Å². The lowest BCUT2D eigenvalue weighted by Gasteiger charge is -2.15. The third-order valence-corrected chi connectivity index (χ3v) is 7.32. The fourth-order valence-electron chi connectivity index (χ4n) is 3.77. The maximum absolute atomic E-state index is 12.9. The Bertz CT molecular complexity index is 1340. The average Bonchev–Trinajstić information content (AvgIpc) is 3.20.